The molecule has 1 rings (SSSR count). The van der Waals surface area contributed by atoms with Crippen molar-refractivity contribution in [1.82, 2.24) is 0 Å². The molecule has 0 saturated carbocycles. The lowest BCUT2D eigenvalue weighted by atomic mass is 10.2. The Morgan fingerprint density at radius 3 is 2.62 bits per heavy atom. The fourth-order valence-corrected chi connectivity index (χ4v) is 1.23. The van der Waals surface area contributed by atoms with Crippen molar-refractivity contribution in [2.24, 2.45) is 0 Å². The minimum atomic E-state index is 0.0476. The molecule has 0 bridgehead atoms. The average molecular weight is 182 g/mol. The molecule has 1 saturated heterocycles. The second-order valence-electron chi connectivity index (χ2n) is 3.02. The SMILES string of the molecule is C/C=C/C/C=C/CCC1OCCO1. The van der Waals surface area contributed by atoms with Gasteiger partial charge in [0, 0.05) is 6.42 Å². The molecule has 1 aliphatic heterocycles. The lowest BCUT2D eigenvalue weighted by molar-refractivity contribution is -0.0457. The third-order valence-corrected chi connectivity index (χ3v) is 1.93. The Labute approximate surface area is 80.2 Å². The highest BCUT2D eigenvalue weighted by Crippen LogP contribution is 2.10. The molecular weight excluding hydrogens is 164 g/mol. The number of hydrogen-bond acceptors (Lipinski definition) is 2. The molecule has 0 unspecified atom stereocenters. The summed E-state index contributed by atoms with van der Waals surface area (Å²) < 4.78 is 10.6. The summed E-state index contributed by atoms with van der Waals surface area (Å²) in [5.41, 5.74) is 0. The smallest absolute Gasteiger partial charge is 0.158 e. The van der Waals surface area contributed by atoms with Crippen molar-refractivity contribution in [1.29, 1.82) is 0 Å². The van der Waals surface area contributed by atoms with Crippen LogP contribution in [0.3, 0.4) is 0 Å². The van der Waals surface area contributed by atoms with E-state index >= 15 is 0 Å². The van der Waals surface area contributed by atoms with Crippen LogP contribution in [0.1, 0.15) is 26.2 Å². The van der Waals surface area contributed by atoms with E-state index in [1.165, 1.54) is 0 Å². The van der Waals surface area contributed by atoms with Gasteiger partial charge in [0.15, 0.2) is 6.29 Å². The molecule has 0 spiro atoms. The zero-order valence-electron chi connectivity index (χ0n) is 8.24. The summed E-state index contributed by atoms with van der Waals surface area (Å²) in [6, 6.07) is 0. The van der Waals surface area contributed by atoms with Gasteiger partial charge in [-0.1, -0.05) is 24.3 Å². The Morgan fingerprint density at radius 1 is 1.15 bits per heavy atom. The van der Waals surface area contributed by atoms with E-state index in [0.29, 0.717) is 0 Å². The van der Waals surface area contributed by atoms with Crippen LogP contribution in [0.4, 0.5) is 0 Å². The van der Waals surface area contributed by atoms with Gasteiger partial charge in [-0.25, -0.2) is 0 Å². The molecule has 0 atom stereocenters. The van der Waals surface area contributed by atoms with Crippen LogP contribution in [0.5, 0.6) is 0 Å². The van der Waals surface area contributed by atoms with Gasteiger partial charge in [-0.3, -0.25) is 0 Å². The predicted octanol–water partition coefficient (Wildman–Crippen LogP) is 2.66. The largest absolute Gasteiger partial charge is 0.350 e. The van der Waals surface area contributed by atoms with E-state index in [2.05, 4.69) is 24.3 Å². The summed E-state index contributed by atoms with van der Waals surface area (Å²) in [6.07, 6.45) is 11.7. The second kappa shape index (κ2) is 6.87. The van der Waals surface area contributed by atoms with E-state index in [0.717, 1.165) is 32.5 Å². The highest BCUT2D eigenvalue weighted by atomic mass is 16.7. The first-order chi connectivity index (χ1) is 6.43. The standard InChI is InChI=1S/C11H18O2/c1-2-3-4-5-6-7-8-11-12-9-10-13-11/h2-3,5-6,11H,4,7-10H2,1H3/b3-2+,6-5+. The van der Waals surface area contributed by atoms with Crippen molar-refractivity contribution in [3.05, 3.63) is 24.3 Å². The van der Waals surface area contributed by atoms with Gasteiger partial charge in [0.1, 0.15) is 0 Å². The van der Waals surface area contributed by atoms with Gasteiger partial charge >= 0.3 is 0 Å². The van der Waals surface area contributed by atoms with Crippen LogP contribution < -0.4 is 0 Å². The minimum absolute atomic E-state index is 0.0476. The van der Waals surface area contributed by atoms with E-state index in [1.54, 1.807) is 0 Å². The topological polar surface area (TPSA) is 18.5 Å². The molecule has 2 heteroatoms. The zero-order chi connectivity index (χ0) is 9.36. The molecule has 1 fully saturated rings. The Balaban J connectivity index is 1.96. The van der Waals surface area contributed by atoms with E-state index in [-0.39, 0.29) is 6.29 Å². The van der Waals surface area contributed by atoms with Gasteiger partial charge in [0.25, 0.3) is 0 Å². The first-order valence-corrected chi connectivity index (χ1v) is 4.93. The summed E-state index contributed by atoms with van der Waals surface area (Å²) in [5, 5.41) is 0. The number of ether oxygens (including phenoxy) is 2. The second-order valence-corrected chi connectivity index (χ2v) is 3.02. The fourth-order valence-electron chi connectivity index (χ4n) is 1.23. The zero-order valence-corrected chi connectivity index (χ0v) is 8.24. The van der Waals surface area contributed by atoms with Crippen LogP contribution in [0.25, 0.3) is 0 Å². The van der Waals surface area contributed by atoms with Gasteiger partial charge in [-0.15, -0.1) is 0 Å². The lowest BCUT2D eigenvalue weighted by Crippen LogP contribution is -2.05. The van der Waals surface area contributed by atoms with E-state index in [1.807, 2.05) is 6.92 Å². The molecule has 2 nitrogen and oxygen atoms in total. The van der Waals surface area contributed by atoms with E-state index in [9.17, 15) is 0 Å². The summed E-state index contributed by atoms with van der Waals surface area (Å²) in [7, 11) is 0. The van der Waals surface area contributed by atoms with Crippen molar-refractivity contribution in [3.63, 3.8) is 0 Å². The monoisotopic (exact) mass is 182 g/mol. The van der Waals surface area contributed by atoms with E-state index < -0.39 is 0 Å². The molecule has 0 aromatic rings. The van der Waals surface area contributed by atoms with Crippen LogP contribution in [-0.4, -0.2) is 19.5 Å². The predicted molar refractivity (Wildman–Crippen MR) is 53.5 cm³/mol. The van der Waals surface area contributed by atoms with Gasteiger partial charge in [0.05, 0.1) is 13.2 Å². The average Bonchev–Trinajstić information content (AvgIpc) is 2.63. The Kier molecular flexibility index (Phi) is 5.54. The quantitative estimate of drug-likeness (QED) is 0.608. The van der Waals surface area contributed by atoms with Crippen LogP contribution in [0.15, 0.2) is 24.3 Å². The number of rotatable bonds is 5. The molecular formula is C11H18O2. The van der Waals surface area contributed by atoms with Crippen molar-refractivity contribution >= 4 is 0 Å². The Hall–Kier alpha value is -0.600. The highest BCUT2D eigenvalue weighted by Gasteiger charge is 2.13. The molecule has 1 aliphatic rings. The van der Waals surface area contributed by atoms with Crippen molar-refractivity contribution in [3.8, 4) is 0 Å². The maximum atomic E-state index is 5.31. The summed E-state index contributed by atoms with van der Waals surface area (Å²) >= 11 is 0. The maximum Gasteiger partial charge on any atom is 0.158 e. The number of hydrogen-bond donors (Lipinski definition) is 0. The van der Waals surface area contributed by atoms with Gasteiger partial charge in [-0.05, 0) is 19.8 Å². The third-order valence-electron chi connectivity index (χ3n) is 1.93. The molecule has 74 valence electrons. The molecule has 0 radical (unpaired) electrons. The normalized spacial score (nSPS) is 19.5. The van der Waals surface area contributed by atoms with Crippen LogP contribution in [0, 0.1) is 0 Å². The molecule has 1 heterocycles. The van der Waals surface area contributed by atoms with E-state index in [4.69, 9.17) is 9.47 Å². The van der Waals surface area contributed by atoms with Gasteiger partial charge < -0.3 is 9.47 Å². The third kappa shape index (κ3) is 4.86. The highest BCUT2D eigenvalue weighted by molar-refractivity contribution is 4.91. The molecule has 0 aromatic carbocycles. The summed E-state index contributed by atoms with van der Waals surface area (Å²) in [6.45, 7) is 3.55. The first-order valence-electron chi connectivity index (χ1n) is 4.93. The lowest BCUT2D eigenvalue weighted by Gasteiger charge is -2.05. The first kappa shape index (κ1) is 10.5. The summed E-state index contributed by atoms with van der Waals surface area (Å²) in [4.78, 5) is 0. The van der Waals surface area contributed by atoms with Crippen molar-refractivity contribution in [2.45, 2.75) is 32.5 Å². The van der Waals surface area contributed by atoms with Crippen molar-refractivity contribution < 1.29 is 9.47 Å². The molecule has 13 heavy (non-hydrogen) atoms. The maximum absolute atomic E-state index is 5.31. The molecule has 0 aliphatic carbocycles. The Bertz CT molecular complexity index is 167. The summed E-state index contributed by atoms with van der Waals surface area (Å²) in [5.74, 6) is 0. The van der Waals surface area contributed by atoms with Gasteiger partial charge in [-0.2, -0.15) is 0 Å². The minimum Gasteiger partial charge on any atom is -0.350 e. The van der Waals surface area contributed by atoms with Crippen LogP contribution in [-0.2, 0) is 9.47 Å². The van der Waals surface area contributed by atoms with Crippen LogP contribution in [0.2, 0.25) is 0 Å². The molecule has 0 aromatic heterocycles. The molecule has 0 amide bonds. The van der Waals surface area contributed by atoms with Crippen molar-refractivity contribution in [2.75, 3.05) is 13.2 Å². The van der Waals surface area contributed by atoms with Crippen LogP contribution >= 0.6 is 0 Å². The van der Waals surface area contributed by atoms with Gasteiger partial charge in [0.2, 0.25) is 0 Å². The number of allylic oxidation sites excluding steroid dienone is 4. The fraction of sp³-hybridized carbons (Fsp3) is 0.636. The Morgan fingerprint density at radius 2 is 1.92 bits per heavy atom. The molecule has 0 N–H and O–H groups in total.